The molecule has 0 fully saturated rings. The number of nitrogens with one attached hydrogen (secondary N) is 2. The minimum Gasteiger partial charge on any atom is -0.504 e. The van der Waals surface area contributed by atoms with Gasteiger partial charge in [-0.15, -0.1) is 0 Å². The smallest absolute Gasteiger partial charge is 0.220 e. The standard InChI is InChI=1S/C34H28N2O2.C34H38O8/c37-33(35-21-31-27-13-5-1-9-23(27)19-24-10-2-6-14-28(24)31)17-18-34(38)36-22-32-29-15-7-3-11-25(29)20-26-12-4-8-16-30(26)32;1-24-20-29-27-8-4-2-6-25(27)22-31(33(29)35)41-18-16-39-14-12-37-10-11-38-13-15-40-17-19-42-32-23-26-7-3-5-9-28(26)30(21-24)34(32)36/h1-16,19-20H,17-18,21-22H2,(H,35,37)(H,36,38);2-9,22-23,35-36H,1,10-21H2. The number of fused-ring (bicyclic) bond motifs is 12. The van der Waals surface area contributed by atoms with Gasteiger partial charge >= 0.3 is 0 Å². The van der Waals surface area contributed by atoms with Crippen LogP contribution in [0.5, 0.6) is 23.0 Å². The van der Waals surface area contributed by atoms with Gasteiger partial charge in [0.05, 0.1) is 52.9 Å². The summed E-state index contributed by atoms with van der Waals surface area (Å²) in [5.74, 6) is 0.681. The van der Waals surface area contributed by atoms with E-state index in [9.17, 15) is 19.8 Å². The quantitative estimate of drug-likeness (QED) is 0.0896. The summed E-state index contributed by atoms with van der Waals surface area (Å²) in [6, 6.07) is 56.7. The normalized spacial score (nSPS) is 14.3. The van der Waals surface area contributed by atoms with Gasteiger partial charge in [-0.3, -0.25) is 9.59 Å². The molecule has 80 heavy (non-hydrogen) atoms. The van der Waals surface area contributed by atoms with Crippen molar-refractivity contribution in [3.63, 3.8) is 0 Å². The van der Waals surface area contributed by atoms with E-state index in [-0.39, 0.29) is 49.4 Å². The van der Waals surface area contributed by atoms with E-state index in [1.807, 2.05) is 109 Å². The molecule has 4 N–H and O–H groups in total. The van der Waals surface area contributed by atoms with E-state index < -0.39 is 0 Å². The predicted octanol–water partition coefficient (Wildman–Crippen LogP) is 12.6. The van der Waals surface area contributed by atoms with Gasteiger partial charge in [-0.05, 0) is 113 Å². The molecule has 1 aliphatic rings. The largest absolute Gasteiger partial charge is 0.504 e. The van der Waals surface area contributed by atoms with Crippen LogP contribution in [0.2, 0.25) is 0 Å². The van der Waals surface area contributed by atoms with Crippen molar-refractivity contribution in [1.29, 1.82) is 0 Å². The van der Waals surface area contributed by atoms with Crippen molar-refractivity contribution >= 4 is 76.4 Å². The van der Waals surface area contributed by atoms with Crippen LogP contribution in [0.3, 0.4) is 0 Å². The van der Waals surface area contributed by atoms with Crippen LogP contribution >= 0.6 is 0 Å². The van der Waals surface area contributed by atoms with E-state index in [2.05, 4.69) is 77.9 Å². The zero-order valence-electron chi connectivity index (χ0n) is 44.8. The molecule has 1 aliphatic heterocycles. The van der Waals surface area contributed by atoms with Gasteiger partial charge in [-0.1, -0.05) is 158 Å². The van der Waals surface area contributed by atoms with Crippen molar-refractivity contribution in [3.05, 3.63) is 204 Å². The number of hydrogen-bond acceptors (Lipinski definition) is 10. The lowest BCUT2D eigenvalue weighted by Gasteiger charge is -2.18. The summed E-state index contributed by atoms with van der Waals surface area (Å²) in [6.07, 6.45) is 1.08. The maximum atomic E-state index is 12.7. The topological polar surface area (TPSA) is 154 Å². The third-order valence-corrected chi connectivity index (χ3v) is 14.4. The highest BCUT2D eigenvalue weighted by atomic mass is 16.6. The molecule has 0 aromatic heterocycles. The van der Waals surface area contributed by atoms with Gasteiger partial charge in [0, 0.05) is 37.1 Å². The molecule has 2 amide bonds. The highest BCUT2D eigenvalue weighted by Gasteiger charge is 2.20. The molecular formula is C68H66N2O10. The minimum absolute atomic E-state index is 0.0786. The van der Waals surface area contributed by atoms with Crippen molar-refractivity contribution in [2.24, 2.45) is 0 Å². The molecule has 10 aromatic carbocycles. The summed E-state index contributed by atoms with van der Waals surface area (Å²) in [5.41, 5.74) is 4.47. The van der Waals surface area contributed by atoms with Crippen LogP contribution in [0.1, 0.15) is 35.1 Å². The van der Waals surface area contributed by atoms with Crippen molar-refractivity contribution in [2.75, 3.05) is 66.1 Å². The molecular weight excluding hydrogens is 1000 g/mol. The van der Waals surface area contributed by atoms with E-state index in [0.29, 0.717) is 90.3 Å². The number of allylic oxidation sites excluding steroid dienone is 1. The fraction of sp³-hybridized carbons (Fsp3) is 0.235. The van der Waals surface area contributed by atoms with Gasteiger partial charge in [-0.25, -0.2) is 0 Å². The number of carbonyl (C=O) groups is 2. The summed E-state index contributed by atoms with van der Waals surface area (Å²) in [4.78, 5) is 25.5. The molecule has 0 unspecified atom stereocenters. The molecule has 0 saturated heterocycles. The lowest BCUT2D eigenvalue weighted by atomic mass is 9.92. The fourth-order valence-electron chi connectivity index (χ4n) is 10.5. The van der Waals surface area contributed by atoms with Crippen LogP contribution in [-0.2, 0) is 54.5 Å². The molecule has 10 aromatic rings. The number of phenolic OH excluding ortho intramolecular Hbond substituents is 2. The zero-order chi connectivity index (χ0) is 55.0. The summed E-state index contributed by atoms with van der Waals surface area (Å²) < 4.78 is 34.2. The molecule has 1 heterocycles. The average molecular weight is 1070 g/mol. The number of hydrogen-bond donors (Lipinski definition) is 4. The Hall–Kier alpha value is -8.52. The third kappa shape index (κ3) is 13.5. The maximum Gasteiger partial charge on any atom is 0.220 e. The zero-order valence-corrected chi connectivity index (χ0v) is 44.8. The lowest BCUT2D eigenvalue weighted by Crippen LogP contribution is -2.27. The monoisotopic (exact) mass is 1070 g/mol. The Morgan fingerprint density at radius 3 is 0.988 bits per heavy atom. The molecule has 0 atom stereocenters. The van der Waals surface area contributed by atoms with Crippen LogP contribution in [0.4, 0.5) is 0 Å². The first kappa shape index (κ1) is 54.8. The second kappa shape index (κ2) is 26.9. The molecule has 0 saturated carbocycles. The Balaban J connectivity index is 0.000000181. The highest BCUT2D eigenvalue weighted by molar-refractivity contribution is 6.04. The molecule has 4 bridgehead atoms. The van der Waals surface area contributed by atoms with Crippen molar-refractivity contribution in [2.45, 2.75) is 38.8 Å². The molecule has 11 rings (SSSR count). The second-order valence-electron chi connectivity index (χ2n) is 19.7. The number of carbonyl (C=O) groups excluding carboxylic acids is 2. The molecule has 0 aliphatic carbocycles. The highest BCUT2D eigenvalue weighted by Crippen LogP contribution is 2.41. The van der Waals surface area contributed by atoms with E-state index >= 15 is 0 Å². The van der Waals surface area contributed by atoms with E-state index in [1.165, 1.54) is 0 Å². The Kier molecular flexibility index (Phi) is 18.4. The van der Waals surface area contributed by atoms with Crippen molar-refractivity contribution in [1.82, 2.24) is 10.6 Å². The second-order valence-corrected chi connectivity index (χ2v) is 19.7. The Labute approximate surface area is 465 Å². The van der Waals surface area contributed by atoms with E-state index in [0.717, 1.165) is 92.5 Å². The number of amides is 2. The summed E-state index contributed by atoms with van der Waals surface area (Å²) in [5, 5.41) is 41.6. The van der Waals surface area contributed by atoms with Crippen LogP contribution in [0, 0.1) is 0 Å². The fourth-order valence-corrected chi connectivity index (χ4v) is 10.5. The molecule has 408 valence electrons. The number of rotatable bonds is 7. The first-order chi connectivity index (χ1) is 39.3. The first-order valence-electron chi connectivity index (χ1n) is 27.3. The lowest BCUT2D eigenvalue weighted by molar-refractivity contribution is -0.126. The third-order valence-electron chi connectivity index (χ3n) is 14.4. The van der Waals surface area contributed by atoms with Gasteiger partial charge in [0.15, 0.2) is 23.0 Å². The number of ether oxygens (including phenoxy) is 6. The van der Waals surface area contributed by atoms with Crippen LogP contribution in [-0.4, -0.2) is 88.1 Å². The number of benzene rings is 10. The summed E-state index contributed by atoms with van der Waals surface area (Å²) in [7, 11) is 0. The maximum absolute atomic E-state index is 12.7. The average Bonchev–Trinajstić information content (AvgIpc) is 3.51. The van der Waals surface area contributed by atoms with Crippen molar-refractivity contribution < 1.29 is 48.2 Å². The van der Waals surface area contributed by atoms with Crippen molar-refractivity contribution in [3.8, 4) is 23.0 Å². The number of aromatic hydroxyl groups is 2. The Bertz CT molecular complexity index is 3470. The summed E-state index contributed by atoms with van der Waals surface area (Å²) >= 11 is 0. The predicted molar refractivity (Wildman–Crippen MR) is 318 cm³/mol. The first-order valence-corrected chi connectivity index (χ1v) is 27.3. The molecule has 0 radical (unpaired) electrons. The van der Waals surface area contributed by atoms with Crippen LogP contribution in [0.25, 0.3) is 64.6 Å². The number of phenols is 2. The van der Waals surface area contributed by atoms with Gasteiger partial charge in [0.2, 0.25) is 11.8 Å². The Morgan fingerprint density at radius 1 is 0.388 bits per heavy atom. The van der Waals surface area contributed by atoms with Gasteiger partial charge in [-0.2, -0.15) is 0 Å². The van der Waals surface area contributed by atoms with E-state index in [1.54, 1.807) is 0 Å². The van der Waals surface area contributed by atoms with E-state index in [4.69, 9.17) is 28.4 Å². The van der Waals surface area contributed by atoms with Crippen LogP contribution in [0.15, 0.2) is 182 Å². The minimum atomic E-state index is -0.132. The SMILES string of the molecule is C=C1Cc2c(O)c(cc3ccccc23)OCCOCCOCCOCCOCCOc2cc3ccccc3c(c2O)C1.O=C(CCC(=O)NCc1c2ccccc2cc2ccccc12)NCc1c2ccccc2cc2ccccc12. The summed E-state index contributed by atoms with van der Waals surface area (Å²) in [6.45, 7) is 9.16. The van der Waals surface area contributed by atoms with Gasteiger partial charge < -0.3 is 49.3 Å². The molecule has 0 spiro atoms. The van der Waals surface area contributed by atoms with Gasteiger partial charge in [0.25, 0.3) is 0 Å². The molecule has 12 nitrogen and oxygen atoms in total. The molecule has 12 heteroatoms. The van der Waals surface area contributed by atoms with Crippen LogP contribution < -0.4 is 20.1 Å². The Morgan fingerprint density at radius 2 is 0.662 bits per heavy atom. The van der Waals surface area contributed by atoms with Gasteiger partial charge in [0.1, 0.15) is 13.2 Å².